The SMILES string of the molecule is Cc1cc(NC(=O)NC(C)c2ccc(Cl)cc2)no1. The fraction of sp³-hybridized carbons (Fsp3) is 0.231. The monoisotopic (exact) mass is 279 g/mol. The zero-order valence-electron chi connectivity index (χ0n) is 10.6. The normalized spacial score (nSPS) is 11.9. The molecule has 5 nitrogen and oxygen atoms in total. The Hall–Kier alpha value is -2.01. The van der Waals surface area contributed by atoms with Crippen molar-refractivity contribution in [3.8, 4) is 0 Å². The van der Waals surface area contributed by atoms with Crippen LogP contribution >= 0.6 is 11.6 Å². The van der Waals surface area contributed by atoms with E-state index in [1.807, 2.05) is 19.1 Å². The number of amides is 2. The predicted octanol–water partition coefficient (Wildman–Crippen LogP) is 3.52. The number of carbonyl (C=O) groups is 1. The van der Waals surface area contributed by atoms with E-state index in [4.69, 9.17) is 16.1 Å². The minimum Gasteiger partial charge on any atom is -0.360 e. The summed E-state index contributed by atoms with van der Waals surface area (Å²) in [6.07, 6.45) is 0. The highest BCUT2D eigenvalue weighted by atomic mass is 35.5. The quantitative estimate of drug-likeness (QED) is 0.903. The van der Waals surface area contributed by atoms with E-state index in [-0.39, 0.29) is 12.1 Å². The molecule has 100 valence electrons. The van der Waals surface area contributed by atoms with Crippen LogP contribution < -0.4 is 10.6 Å². The highest BCUT2D eigenvalue weighted by molar-refractivity contribution is 6.30. The minimum atomic E-state index is -0.337. The van der Waals surface area contributed by atoms with Gasteiger partial charge in [0.25, 0.3) is 0 Å². The van der Waals surface area contributed by atoms with Gasteiger partial charge < -0.3 is 9.84 Å². The second kappa shape index (κ2) is 5.75. The molecule has 2 N–H and O–H groups in total. The maximum Gasteiger partial charge on any atom is 0.320 e. The maximum absolute atomic E-state index is 11.7. The number of halogens is 1. The zero-order valence-corrected chi connectivity index (χ0v) is 11.4. The molecule has 1 aromatic heterocycles. The van der Waals surface area contributed by atoms with Crippen LogP contribution in [0.5, 0.6) is 0 Å². The van der Waals surface area contributed by atoms with Crippen molar-refractivity contribution in [2.45, 2.75) is 19.9 Å². The highest BCUT2D eigenvalue weighted by Gasteiger charge is 2.11. The van der Waals surface area contributed by atoms with Crippen molar-refractivity contribution < 1.29 is 9.32 Å². The highest BCUT2D eigenvalue weighted by Crippen LogP contribution is 2.16. The Bertz CT molecular complexity index is 566. The number of anilines is 1. The van der Waals surface area contributed by atoms with Gasteiger partial charge in [0, 0.05) is 11.1 Å². The lowest BCUT2D eigenvalue weighted by Gasteiger charge is -2.14. The second-order valence-electron chi connectivity index (χ2n) is 4.19. The van der Waals surface area contributed by atoms with Crippen LogP contribution in [-0.2, 0) is 0 Å². The van der Waals surface area contributed by atoms with Crippen molar-refractivity contribution >= 4 is 23.4 Å². The first-order chi connectivity index (χ1) is 9.04. The van der Waals surface area contributed by atoms with Gasteiger partial charge >= 0.3 is 6.03 Å². The molecule has 2 amide bonds. The molecule has 0 aliphatic carbocycles. The Labute approximate surface area is 115 Å². The molecule has 0 fully saturated rings. The molecule has 2 rings (SSSR count). The van der Waals surface area contributed by atoms with Crippen molar-refractivity contribution in [3.05, 3.63) is 46.7 Å². The van der Waals surface area contributed by atoms with Crippen LogP contribution in [0, 0.1) is 6.92 Å². The Morgan fingerprint density at radius 3 is 2.63 bits per heavy atom. The first-order valence-electron chi connectivity index (χ1n) is 5.81. The lowest BCUT2D eigenvalue weighted by atomic mass is 10.1. The lowest BCUT2D eigenvalue weighted by molar-refractivity contribution is 0.249. The van der Waals surface area contributed by atoms with E-state index in [2.05, 4.69) is 15.8 Å². The summed E-state index contributed by atoms with van der Waals surface area (Å²) < 4.78 is 4.86. The fourth-order valence-corrected chi connectivity index (χ4v) is 1.74. The molecule has 0 radical (unpaired) electrons. The molecule has 1 heterocycles. The Kier molecular flexibility index (Phi) is 4.06. The molecule has 1 aromatic carbocycles. The summed E-state index contributed by atoms with van der Waals surface area (Å²) >= 11 is 5.81. The molecule has 0 saturated carbocycles. The number of rotatable bonds is 3. The summed E-state index contributed by atoms with van der Waals surface area (Å²) in [5, 5.41) is 9.74. The summed E-state index contributed by atoms with van der Waals surface area (Å²) in [5.74, 6) is 1.03. The fourth-order valence-electron chi connectivity index (χ4n) is 1.61. The first-order valence-corrected chi connectivity index (χ1v) is 6.18. The second-order valence-corrected chi connectivity index (χ2v) is 4.63. The molecule has 0 spiro atoms. The average molecular weight is 280 g/mol. The van der Waals surface area contributed by atoms with Crippen molar-refractivity contribution in [1.29, 1.82) is 0 Å². The van der Waals surface area contributed by atoms with Gasteiger partial charge in [0.2, 0.25) is 0 Å². The van der Waals surface area contributed by atoms with E-state index in [1.54, 1.807) is 25.1 Å². The van der Waals surface area contributed by atoms with Gasteiger partial charge in [-0.2, -0.15) is 0 Å². The Morgan fingerprint density at radius 2 is 2.05 bits per heavy atom. The molecular formula is C13H14ClN3O2. The molecule has 1 unspecified atom stereocenters. The predicted molar refractivity (Wildman–Crippen MR) is 73.3 cm³/mol. The number of aromatic nitrogens is 1. The third-order valence-electron chi connectivity index (χ3n) is 2.59. The maximum atomic E-state index is 11.7. The molecule has 0 aliphatic heterocycles. The largest absolute Gasteiger partial charge is 0.360 e. The number of urea groups is 1. The van der Waals surface area contributed by atoms with Crippen molar-refractivity contribution in [2.24, 2.45) is 0 Å². The van der Waals surface area contributed by atoms with Crippen molar-refractivity contribution in [3.63, 3.8) is 0 Å². The van der Waals surface area contributed by atoms with E-state index in [9.17, 15) is 4.79 Å². The Balaban J connectivity index is 1.93. The number of aryl methyl sites for hydroxylation is 1. The standard InChI is InChI=1S/C13H14ClN3O2/c1-8-7-12(17-19-8)16-13(18)15-9(2)10-3-5-11(14)6-4-10/h3-7,9H,1-2H3,(H2,15,16,17,18). The van der Waals surface area contributed by atoms with E-state index < -0.39 is 0 Å². The molecule has 0 bridgehead atoms. The third kappa shape index (κ3) is 3.72. The topological polar surface area (TPSA) is 67.2 Å². The van der Waals surface area contributed by atoms with Crippen LogP contribution in [-0.4, -0.2) is 11.2 Å². The number of hydrogen-bond donors (Lipinski definition) is 2. The number of hydrogen-bond acceptors (Lipinski definition) is 3. The van der Waals surface area contributed by atoms with Crippen LogP contribution in [0.15, 0.2) is 34.9 Å². The van der Waals surface area contributed by atoms with Gasteiger partial charge in [0.05, 0.1) is 6.04 Å². The van der Waals surface area contributed by atoms with Crippen LogP contribution in [0.1, 0.15) is 24.3 Å². The van der Waals surface area contributed by atoms with E-state index in [0.717, 1.165) is 5.56 Å². The number of nitrogens with zero attached hydrogens (tertiary/aromatic N) is 1. The van der Waals surface area contributed by atoms with Gasteiger partial charge in [-0.3, -0.25) is 5.32 Å². The van der Waals surface area contributed by atoms with E-state index in [1.165, 1.54) is 0 Å². The van der Waals surface area contributed by atoms with Crippen LogP contribution in [0.25, 0.3) is 0 Å². The van der Waals surface area contributed by atoms with Gasteiger partial charge in [-0.25, -0.2) is 4.79 Å². The summed E-state index contributed by atoms with van der Waals surface area (Å²) in [7, 11) is 0. The molecule has 2 aromatic rings. The van der Waals surface area contributed by atoms with Crippen LogP contribution in [0.3, 0.4) is 0 Å². The molecular weight excluding hydrogens is 266 g/mol. The molecule has 19 heavy (non-hydrogen) atoms. The third-order valence-corrected chi connectivity index (χ3v) is 2.84. The van der Waals surface area contributed by atoms with Gasteiger partial charge in [-0.1, -0.05) is 28.9 Å². The number of benzene rings is 1. The van der Waals surface area contributed by atoms with Gasteiger partial charge in [-0.05, 0) is 31.5 Å². The van der Waals surface area contributed by atoms with Gasteiger partial charge in [0.1, 0.15) is 5.76 Å². The lowest BCUT2D eigenvalue weighted by Crippen LogP contribution is -2.31. The molecule has 0 aliphatic rings. The summed E-state index contributed by atoms with van der Waals surface area (Å²) in [6.45, 7) is 3.64. The van der Waals surface area contributed by atoms with Crippen LogP contribution in [0.2, 0.25) is 5.02 Å². The van der Waals surface area contributed by atoms with Crippen molar-refractivity contribution in [2.75, 3.05) is 5.32 Å². The summed E-state index contributed by atoms with van der Waals surface area (Å²) in [6, 6.07) is 8.48. The van der Waals surface area contributed by atoms with E-state index in [0.29, 0.717) is 16.6 Å². The zero-order chi connectivity index (χ0) is 13.8. The minimum absolute atomic E-state index is 0.134. The summed E-state index contributed by atoms with van der Waals surface area (Å²) in [5.41, 5.74) is 0.968. The van der Waals surface area contributed by atoms with Crippen LogP contribution in [0.4, 0.5) is 10.6 Å². The van der Waals surface area contributed by atoms with Gasteiger partial charge in [0.15, 0.2) is 5.82 Å². The van der Waals surface area contributed by atoms with Gasteiger partial charge in [-0.15, -0.1) is 0 Å². The van der Waals surface area contributed by atoms with E-state index >= 15 is 0 Å². The number of nitrogens with one attached hydrogen (secondary N) is 2. The Morgan fingerprint density at radius 1 is 1.37 bits per heavy atom. The van der Waals surface area contributed by atoms with Crippen molar-refractivity contribution in [1.82, 2.24) is 10.5 Å². The number of carbonyl (C=O) groups excluding carboxylic acids is 1. The first kappa shape index (κ1) is 13.4. The summed E-state index contributed by atoms with van der Waals surface area (Å²) in [4.78, 5) is 11.7. The smallest absolute Gasteiger partial charge is 0.320 e. The average Bonchev–Trinajstić information content (AvgIpc) is 2.75. The molecule has 1 atom stereocenters. The molecule has 0 saturated heterocycles. The molecule has 6 heteroatoms.